The highest BCUT2D eigenvalue weighted by Crippen LogP contribution is 2.38. The summed E-state index contributed by atoms with van der Waals surface area (Å²) < 4.78 is 59.5. The molecular formula is C30H36F2N8O3S2. The van der Waals surface area contributed by atoms with Gasteiger partial charge >= 0.3 is 0 Å². The summed E-state index contributed by atoms with van der Waals surface area (Å²) >= 11 is 1.26. The first kappa shape index (κ1) is 32.6. The van der Waals surface area contributed by atoms with Crippen molar-refractivity contribution in [1.82, 2.24) is 30.0 Å². The highest BCUT2D eigenvalue weighted by Gasteiger charge is 2.26. The van der Waals surface area contributed by atoms with Crippen molar-refractivity contribution < 1.29 is 21.9 Å². The molecule has 11 nitrogen and oxygen atoms in total. The lowest BCUT2D eigenvalue weighted by Gasteiger charge is -2.36. The van der Waals surface area contributed by atoms with Gasteiger partial charge in [0.15, 0.2) is 32.4 Å². The summed E-state index contributed by atoms with van der Waals surface area (Å²) in [7, 11) is 1.79. The molecule has 0 unspecified atom stereocenters. The Hall–Kier alpha value is -3.79. The molecule has 1 saturated heterocycles. The molecule has 0 spiro atoms. The number of sulfone groups is 1. The normalized spacial score (nSPS) is 14.2. The molecule has 2 aromatic carbocycles. The summed E-state index contributed by atoms with van der Waals surface area (Å²) in [5.41, 5.74) is 0.655. The van der Waals surface area contributed by atoms with Gasteiger partial charge in [-0.05, 0) is 75.2 Å². The zero-order valence-corrected chi connectivity index (χ0v) is 27.2. The van der Waals surface area contributed by atoms with E-state index in [9.17, 15) is 17.2 Å². The largest absolute Gasteiger partial charge is 0.490 e. The molecule has 45 heavy (non-hydrogen) atoms. The number of methoxy groups -OCH3 is 1. The van der Waals surface area contributed by atoms with Crippen LogP contribution < -0.4 is 15.0 Å². The van der Waals surface area contributed by atoms with E-state index in [-0.39, 0.29) is 10.5 Å². The van der Waals surface area contributed by atoms with Crippen molar-refractivity contribution in [2.45, 2.75) is 27.6 Å². The van der Waals surface area contributed by atoms with Gasteiger partial charge in [-0.15, -0.1) is 0 Å². The van der Waals surface area contributed by atoms with E-state index in [1.54, 1.807) is 19.2 Å². The first-order valence-electron chi connectivity index (χ1n) is 14.3. The molecule has 0 aliphatic carbocycles. The van der Waals surface area contributed by atoms with Gasteiger partial charge in [0, 0.05) is 61.5 Å². The lowest BCUT2D eigenvalue weighted by molar-refractivity contribution is 0.228. The fourth-order valence-corrected chi connectivity index (χ4v) is 6.94. The van der Waals surface area contributed by atoms with Crippen molar-refractivity contribution >= 4 is 39.1 Å². The summed E-state index contributed by atoms with van der Waals surface area (Å²) in [4.78, 5) is 17.1. The molecule has 2 aromatic heterocycles. The summed E-state index contributed by atoms with van der Waals surface area (Å²) in [6.07, 6.45) is 0. The maximum Gasteiger partial charge on any atom is 0.204 e. The minimum Gasteiger partial charge on any atom is -0.490 e. The second kappa shape index (κ2) is 14.1. The first-order valence-corrected chi connectivity index (χ1v) is 16.8. The van der Waals surface area contributed by atoms with Crippen molar-refractivity contribution in [1.29, 1.82) is 0 Å². The highest BCUT2D eigenvalue weighted by molar-refractivity contribution is 7.99. The number of ether oxygens (including phenoxy) is 1. The van der Waals surface area contributed by atoms with Crippen molar-refractivity contribution in [2.24, 2.45) is 0 Å². The maximum atomic E-state index is 14.1. The average molecular weight is 659 g/mol. The quantitative estimate of drug-likeness (QED) is 0.212. The van der Waals surface area contributed by atoms with E-state index in [0.717, 1.165) is 63.2 Å². The Morgan fingerprint density at radius 3 is 2.42 bits per heavy atom. The number of anilines is 3. The number of halogens is 2. The number of aromatic amines is 1. The van der Waals surface area contributed by atoms with Crippen LogP contribution in [0.1, 0.15) is 11.3 Å². The molecule has 0 atom stereocenters. The smallest absolute Gasteiger partial charge is 0.204 e. The van der Waals surface area contributed by atoms with E-state index in [1.165, 1.54) is 23.9 Å². The number of nitrogens with one attached hydrogen (secondary N) is 2. The van der Waals surface area contributed by atoms with Crippen LogP contribution in [0.4, 0.5) is 26.2 Å². The van der Waals surface area contributed by atoms with Gasteiger partial charge in [0.1, 0.15) is 11.6 Å². The molecule has 1 aliphatic heterocycles. The zero-order valence-electron chi connectivity index (χ0n) is 25.5. The Labute approximate surface area is 265 Å². The fourth-order valence-electron chi connectivity index (χ4n) is 4.84. The Morgan fingerprint density at radius 2 is 1.78 bits per heavy atom. The van der Waals surface area contributed by atoms with Crippen LogP contribution in [0.3, 0.4) is 0 Å². The highest BCUT2D eigenvalue weighted by atomic mass is 32.2. The molecule has 2 N–H and O–H groups in total. The van der Waals surface area contributed by atoms with Crippen LogP contribution in [0, 0.1) is 18.6 Å². The molecule has 0 radical (unpaired) electrons. The van der Waals surface area contributed by atoms with Gasteiger partial charge < -0.3 is 19.9 Å². The van der Waals surface area contributed by atoms with Gasteiger partial charge in [-0.25, -0.2) is 27.2 Å². The molecule has 1 fully saturated rings. The number of nitrogens with zero attached hydrogens (tertiary/aromatic N) is 6. The average Bonchev–Trinajstić information content (AvgIpc) is 3.42. The SMILES string of the molecule is COc1c(Nc2cc(C)[nH]n2)nc(Sc2ccc(S(=O)(=O)Cc3cc(F)ccc3F)cc2)nc1N1CCN(CCN(C)C)CC1. The van der Waals surface area contributed by atoms with Gasteiger partial charge in [0.2, 0.25) is 5.75 Å². The Balaban J connectivity index is 1.39. The van der Waals surface area contributed by atoms with Crippen LogP contribution in [0.15, 0.2) is 63.5 Å². The maximum absolute atomic E-state index is 14.1. The van der Waals surface area contributed by atoms with Crippen LogP contribution >= 0.6 is 11.8 Å². The van der Waals surface area contributed by atoms with Crippen molar-refractivity contribution in [2.75, 3.05) is 70.7 Å². The van der Waals surface area contributed by atoms with E-state index in [4.69, 9.17) is 14.7 Å². The zero-order chi connectivity index (χ0) is 32.1. The number of H-pyrrole nitrogens is 1. The first-order chi connectivity index (χ1) is 21.5. The number of piperazine rings is 1. The minimum absolute atomic E-state index is 0.00440. The van der Waals surface area contributed by atoms with Gasteiger partial charge in [0.05, 0.1) is 17.8 Å². The number of benzene rings is 2. The third-order valence-electron chi connectivity index (χ3n) is 7.26. The van der Waals surface area contributed by atoms with E-state index in [1.807, 2.05) is 13.0 Å². The van der Waals surface area contributed by atoms with Crippen molar-refractivity contribution in [3.05, 3.63) is 71.4 Å². The third kappa shape index (κ3) is 8.28. The number of aromatic nitrogens is 4. The van der Waals surface area contributed by atoms with E-state index in [0.29, 0.717) is 33.3 Å². The molecule has 3 heterocycles. The summed E-state index contributed by atoms with van der Waals surface area (Å²) in [5, 5.41) is 10.9. The van der Waals surface area contributed by atoms with Gasteiger partial charge in [-0.3, -0.25) is 10.00 Å². The Kier molecular flexibility index (Phi) is 10.2. The number of rotatable bonds is 12. The predicted octanol–water partition coefficient (Wildman–Crippen LogP) is 4.35. The van der Waals surface area contributed by atoms with E-state index >= 15 is 0 Å². The molecule has 5 rings (SSSR count). The topological polar surface area (TPSA) is 120 Å². The van der Waals surface area contributed by atoms with Gasteiger partial charge in [-0.2, -0.15) is 5.10 Å². The third-order valence-corrected chi connectivity index (χ3v) is 9.82. The summed E-state index contributed by atoms with van der Waals surface area (Å²) in [5.74, 6) is 0.0323. The van der Waals surface area contributed by atoms with Crippen LogP contribution in [0.25, 0.3) is 0 Å². The molecule has 0 bridgehead atoms. The molecule has 1 aliphatic rings. The van der Waals surface area contributed by atoms with E-state index in [2.05, 4.69) is 44.3 Å². The minimum atomic E-state index is -3.92. The second-order valence-electron chi connectivity index (χ2n) is 11.0. The van der Waals surface area contributed by atoms with Crippen molar-refractivity contribution in [3.63, 3.8) is 0 Å². The standard InChI is InChI=1S/C30H36F2N8O3S2/c1-20-17-26(37-36-20)33-28-27(43-4)29(40-15-13-39(14-16-40)12-11-38(2)3)35-30(34-28)44-23-6-8-24(9-7-23)45(41,42)19-21-18-22(31)5-10-25(21)32/h5-10,17-18H,11-16,19H2,1-4H3,(H2,33,34,35,36,37). The van der Waals surface area contributed by atoms with Gasteiger partial charge in [-0.1, -0.05) is 0 Å². The Morgan fingerprint density at radius 1 is 1.04 bits per heavy atom. The second-order valence-corrected chi connectivity index (χ2v) is 14.0. The summed E-state index contributed by atoms with van der Waals surface area (Å²) in [6, 6.07) is 10.8. The van der Waals surface area contributed by atoms with Gasteiger partial charge in [0.25, 0.3) is 0 Å². The summed E-state index contributed by atoms with van der Waals surface area (Å²) in [6.45, 7) is 7.12. The number of hydrogen-bond acceptors (Lipinski definition) is 11. The lowest BCUT2D eigenvalue weighted by atomic mass is 10.2. The van der Waals surface area contributed by atoms with E-state index < -0.39 is 27.2 Å². The molecule has 0 amide bonds. The molecule has 15 heteroatoms. The monoisotopic (exact) mass is 658 g/mol. The molecule has 0 saturated carbocycles. The number of hydrogen-bond donors (Lipinski definition) is 2. The Bertz CT molecular complexity index is 1730. The lowest BCUT2D eigenvalue weighted by Crippen LogP contribution is -2.48. The van der Waals surface area contributed by atoms with Crippen LogP contribution in [-0.4, -0.2) is 98.9 Å². The molecule has 240 valence electrons. The fraction of sp³-hybridized carbons (Fsp3) is 0.367. The van der Waals surface area contributed by atoms with Crippen LogP contribution in [0.5, 0.6) is 5.75 Å². The number of likely N-dealkylation sites (N-methyl/N-ethyl adjacent to an activating group) is 1. The predicted molar refractivity (Wildman–Crippen MR) is 170 cm³/mol. The molecular weight excluding hydrogens is 623 g/mol. The van der Waals surface area contributed by atoms with Crippen LogP contribution in [0.2, 0.25) is 0 Å². The molecule has 4 aromatic rings. The van der Waals surface area contributed by atoms with Crippen LogP contribution in [-0.2, 0) is 15.6 Å². The van der Waals surface area contributed by atoms with Crippen molar-refractivity contribution in [3.8, 4) is 5.75 Å². The number of aryl methyl sites for hydroxylation is 1.